The number of fused-ring (bicyclic) bond motifs is 1. The minimum atomic E-state index is -0.302. The van der Waals surface area contributed by atoms with E-state index in [9.17, 15) is 5.11 Å². The Hall–Kier alpha value is -2.47. The summed E-state index contributed by atoms with van der Waals surface area (Å²) in [5.41, 5.74) is 2.56. The molecule has 136 valence electrons. The third-order valence-electron chi connectivity index (χ3n) is 5.27. The fourth-order valence-corrected chi connectivity index (χ4v) is 3.82. The van der Waals surface area contributed by atoms with E-state index < -0.39 is 0 Å². The summed E-state index contributed by atoms with van der Waals surface area (Å²) in [6, 6.07) is 10.2. The lowest BCUT2D eigenvalue weighted by Crippen LogP contribution is -2.39. The van der Waals surface area contributed by atoms with Crippen LogP contribution in [0.3, 0.4) is 0 Å². The number of hydrogen-bond acceptors (Lipinski definition) is 6. The van der Waals surface area contributed by atoms with Crippen LogP contribution in [0, 0.1) is 19.8 Å². The molecule has 1 saturated heterocycles. The normalized spacial score (nSPS) is 17.0. The Morgan fingerprint density at radius 2 is 1.88 bits per heavy atom. The molecule has 6 heteroatoms. The molecule has 4 rings (SSSR count). The van der Waals surface area contributed by atoms with Crippen LogP contribution in [0.15, 0.2) is 34.9 Å². The van der Waals surface area contributed by atoms with Gasteiger partial charge in [-0.05, 0) is 44.6 Å². The fraction of sp³-hybridized carbons (Fsp3) is 0.450. The molecule has 1 N–H and O–H groups in total. The average molecular weight is 352 g/mol. The van der Waals surface area contributed by atoms with E-state index in [4.69, 9.17) is 4.52 Å². The van der Waals surface area contributed by atoms with Crippen molar-refractivity contribution in [1.29, 1.82) is 0 Å². The zero-order chi connectivity index (χ0) is 18.1. The van der Waals surface area contributed by atoms with Gasteiger partial charge < -0.3 is 14.5 Å². The van der Waals surface area contributed by atoms with Crippen LogP contribution in [0.25, 0.3) is 11.1 Å². The van der Waals surface area contributed by atoms with Crippen molar-refractivity contribution in [2.24, 2.45) is 5.92 Å². The van der Waals surface area contributed by atoms with Crippen molar-refractivity contribution in [1.82, 2.24) is 15.1 Å². The van der Waals surface area contributed by atoms with E-state index in [2.05, 4.69) is 32.2 Å². The molecule has 0 spiro atoms. The third-order valence-corrected chi connectivity index (χ3v) is 5.27. The third kappa shape index (κ3) is 3.29. The van der Waals surface area contributed by atoms with Crippen molar-refractivity contribution < 1.29 is 9.63 Å². The zero-order valence-electron chi connectivity index (χ0n) is 15.2. The topological polar surface area (TPSA) is 75.3 Å². The minimum Gasteiger partial charge on any atom is -0.392 e. The summed E-state index contributed by atoms with van der Waals surface area (Å²) in [6.45, 7) is 5.53. The van der Waals surface area contributed by atoms with Crippen molar-refractivity contribution in [2.75, 3.05) is 18.0 Å². The summed E-state index contributed by atoms with van der Waals surface area (Å²) in [7, 11) is 0. The van der Waals surface area contributed by atoms with E-state index in [1.807, 2.05) is 32.0 Å². The first-order valence-electron chi connectivity index (χ1n) is 9.19. The van der Waals surface area contributed by atoms with Crippen LogP contribution in [0.4, 0.5) is 5.82 Å². The number of anilines is 1. The quantitative estimate of drug-likeness (QED) is 0.778. The molecule has 0 radical (unpaired) electrons. The van der Waals surface area contributed by atoms with E-state index in [-0.39, 0.29) is 6.10 Å². The number of aryl methyl sites for hydroxylation is 2. The smallest absolute Gasteiger partial charge is 0.263 e. The van der Waals surface area contributed by atoms with Gasteiger partial charge in [0, 0.05) is 13.1 Å². The number of aliphatic hydroxyl groups is 1. The molecule has 26 heavy (non-hydrogen) atoms. The second-order valence-corrected chi connectivity index (χ2v) is 7.12. The predicted octanol–water partition coefficient (Wildman–Crippen LogP) is 3.05. The molecule has 1 aliphatic rings. The van der Waals surface area contributed by atoms with Crippen LogP contribution in [0.1, 0.15) is 29.9 Å². The second-order valence-electron chi connectivity index (χ2n) is 7.12. The number of piperidine rings is 1. The van der Waals surface area contributed by atoms with Crippen molar-refractivity contribution in [3.05, 3.63) is 47.4 Å². The molecule has 3 aromatic rings. The first kappa shape index (κ1) is 17.0. The van der Waals surface area contributed by atoms with E-state index in [1.165, 1.54) is 5.56 Å². The predicted molar refractivity (Wildman–Crippen MR) is 100 cm³/mol. The second kappa shape index (κ2) is 7.03. The molecule has 2 aromatic heterocycles. The molecule has 6 nitrogen and oxygen atoms in total. The summed E-state index contributed by atoms with van der Waals surface area (Å²) in [5, 5.41) is 15.6. The lowest BCUT2D eigenvalue weighted by atomic mass is 9.88. The van der Waals surface area contributed by atoms with Crippen molar-refractivity contribution in [3.63, 3.8) is 0 Å². The van der Waals surface area contributed by atoms with Gasteiger partial charge in [0.25, 0.3) is 5.71 Å². The Kier molecular flexibility index (Phi) is 4.59. The summed E-state index contributed by atoms with van der Waals surface area (Å²) >= 11 is 0. The molecule has 1 atom stereocenters. The molecule has 3 heterocycles. The molecule has 1 aromatic carbocycles. The van der Waals surface area contributed by atoms with Gasteiger partial charge in [0.05, 0.1) is 11.8 Å². The molecule has 0 bridgehead atoms. The van der Waals surface area contributed by atoms with Gasteiger partial charge in [0.1, 0.15) is 17.0 Å². The van der Waals surface area contributed by atoms with Gasteiger partial charge >= 0.3 is 0 Å². The molecule has 1 aliphatic heterocycles. The van der Waals surface area contributed by atoms with Gasteiger partial charge in [0.15, 0.2) is 0 Å². The highest BCUT2D eigenvalue weighted by molar-refractivity contribution is 5.88. The minimum absolute atomic E-state index is 0.302. The summed E-state index contributed by atoms with van der Waals surface area (Å²) in [6.07, 6.45) is 2.31. The Morgan fingerprint density at radius 1 is 1.15 bits per heavy atom. The standard InChI is InChI=1S/C20H24N4O2/c1-13-18-19(21-14(2)22-20(18)26-23-13)24-10-8-16(9-11-24)17(25)12-15-6-4-3-5-7-15/h3-7,16-17,25H,8-12H2,1-2H3. The number of rotatable bonds is 4. The highest BCUT2D eigenvalue weighted by Gasteiger charge is 2.28. The molecule has 0 amide bonds. The van der Waals surface area contributed by atoms with Crippen LogP contribution in [0.5, 0.6) is 0 Å². The van der Waals surface area contributed by atoms with E-state index in [0.29, 0.717) is 23.9 Å². The number of hydrogen-bond donors (Lipinski definition) is 1. The highest BCUT2D eigenvalue weighted by Crippen LogP contribution is 2.31. The lowest BCUT2D eigenvalue weighted by Gasteiger charge is -2.35. The molecular formula is C20H24N4O2. The van der Waals surface area contributed by atoms with Crippen LogP contribution in [-0.4, -0.2) is 39.4 Å². The van der Waals surface area contributed by atoms with Crippen molar-refractivity contribution in [2.45, 2.75) is 39.2 Å². The van der Waals surface area contributed by atoms with Gasteiger partial charge in [0.2, 0.25) is 0 Å². The lowest BCUT2D eigenvalue weighted by molar-refractivity contribution is 0.0929. The molecule has 0 saturated carbocycles. The maximum atomic E-state index is 10.6. The summed E-state index contributed by atoms with van der Waals surface area (Å²) < 4.78 is 5.32. The van der Waals surface area contributed by atoms with Crippen LogP contribution < -0.4 is 4.90 Å². The molecule has 1 unspecified atom stereocenters. The largest absolute Gasteiger partial charge is 0.392 e. The highest BCUT2D eigenvalue weighted by atomic mass is 16.5. The van der Waals surface area contributed by atoms with Gasteiger partial charge in [-0.2, -0.15) is 4.98 Å². The van der Waals surface area contributed by atoms with Gasteiger partial charge in [-0.3, -0.25) is 0 Å². The van der Waals surface area contributed by atoms with E-state index >= 15 is 0 Å². The molecular weight excluding hydrogens is 328 g/mol. The number of aromatic nitrogens is 3. The Balaban J connectivity index is 1.46. The summed E-state index contributed by atoms with van der Waals surface area (Å²) in [5.74, 6) is 1.91. The summed E-state index contributed by atoms with van der Waals surface area (Å²) in [4.78, 5) is 11.3. The van der Waals surface area contributed by atoms with Crippen LogP contribution in [-0.2, 0) is 6.42 Å². The number of nitrogens with zero attached hydrogens (tertiary/aromatic N) is 4. The Morgan fingerprint density at radius 3 is 2.62 bits per heavy atom. The molecule has 1 fully saturated rings. The Labute approximate surface area is 152 Å². The van der Waals surface area contributed by atoms with E-state index in [1.54, 1.807) is 0 Å². The Bertz CT molecular complexity index is 885. The maximum Gasteiger partial charge on any atom is 0.263 e. The van der Waals surface area contributed by atoms with Crippen molar-refractivity contribution >= 4 is 16.9 Å². The zero-order valence-corrected chi connectivity index (χ0v) is 15.2. The fourth-order valence-electron chi connectivity index (χ4n) is 3.82. The van der Waals surface area contributed by atoms with E-state index in [0.717, 1.165) is 42.8 Å². The van der Waals surface area contributed by atoms with Crippen molar-refractivity contribution in [3.8, 4) is 0 Å². The number of aliphatic hydroxyl groups excluding tert-OH is 1. The number of benzene rings is 1. The first-order valence-corrected chi connectivity index (χ1v) is 9.19. The van der Waals surface area contributed by atoms with Crippen LogP contribution in [0.2, 0.25) is 0 Å². The average Bonchev–Trinajstić information content (AvgIpc) is 3.03. The van der Waals surface area contributed by atoms with Gasteiger partial charge in [-0.25, -0.2) is 4.98 Å². The SMILES string of the molecule is Cc1nc(N2CCC(C(O)Cc3ccccc3)CC2)c2c(C)noc2n1. The van der Waals surface area contributed by atoms with Crippen LogP contribution >= 0.6 is 0 Å². The molecule has 0 aliphatic carbocycles. The van der Waals surface area contributed by atoms with Gasteiger partial charge in [-0.15, -0.1) is 0 Å². The maximum absolute atomic E-state index is 10.6. The first-order chi connectivity index (χ1) is 12.6. The van der Waals surface area contributed by atoms with Gasteiger partial charge in [-0.1, -0.05) is 35.5 Å². The monoisotopic (exact) mass is 352 g/mol.